The summed E-state index contributed by atoms with van der Waals surface area (Å²) in [6.45, 7) is 0.378. The molecule has 0 saturated carbocycles. The number of aromatic nitrogens is 2. The predicted molar refractivity (Wildman–Crippen MR) is 60.4 cm³/mol. The summed E-state index contributed by atoms with van der Waals surface area (Å²) in [5, 5.41) is 10.00. The fourth-order valence-electron chi connectivity index (χ4n) is 1.07. The largest absolute Gasteiger partial charge is 0.303 e. The monoisotopic (exact) mass is 250 g/mol. The second-order valence-corrected chi connectivity index (χ2v) is 3.71. The van der Waals surface area contributed by atoms with Crippen LogP contribution < -0.4 is 16.2 Å². The third-order valence-electron chi connectivity index (χ3n) is 1.99. The highest BCUT2D eigenvalue weighted by Gasteiger charge is 2.10. The van der Waals surface area contributed by atoms with E-state index in [1.165, 1.54) is 10.9 Å². The maximum atomic E-state index is 11.6. The number of hydrogen-bond donors (Lipinski definition) is 2. The lowest BCUT2D eigenvalue weighted by atomic mass is 10.4. The fourth-order valence-corrected chi connectivity index (χ4v) is 1.35. The molecule has 0 radical (unpaired) electrons. The summed E-state index contributed by atoms with van der Waals surface area (Å²) >= 11 is 11.4. The molecule has 0 amide bonds. The zero-order valence-corrected chi connectivity index (χ0v) is 9.93. The zero-order chi connectivity index (χ0) is 11.4. The summed E-state index contributed by atoms with van der Waals surface area (Å²) in [5.74, 6) is 0. The van der Waals surface area contributed by atoms with Crippen LogP contribution in [0.4, 0.5) is 0 Å². The highest BCUT2D eigenvalue weighted by atomic mass is 35.5. The molecule has 5 nitrogen and oxygen atoms in total. The van der Waals surface area contributed by atoms with Crippen molar-refractivity contribution < 1.29 is 0 Å². The molecule has 0 aromatic carbocycles. The highest BCUT2D eigenvalue weighted by Crippen LogP contribution is 2.14. The van der Waals surface area contributed by atoms with E-state index in [1.807, 2.05) is 0 Å². The first-order valence-corrected chi connectivity index (χ1v) is 5.11. The molecule has 0 saturated heterocycles. The number of hydrogen-bond acceptors (Lipinski definition) is 4. The molecule has 7 heteroatoms. The van der Waals surface area contributed by atoms with Crippen LogP contribution in [-0.4, -0.2) is 30.0 Å². The topological polar surface area (TPSA) is 59.0 Å². The molecule has 0 aliphatic rings. The van der Waals surface area contributed by atoms with E-state index in [-0.39, 0.29) is 21.8 Å². The number of rotatable bonds is 4. The summed E-state index contributed by atoms with van der Waals surface area (Å²) in [6.07, 6.45) is 1.31. The Morgan fingerprint density at radius 3 is 2.60 bits per heavy atom. The molecule has 1 aromatic rings. The lowest BCUT2D eigenvalue weighted by Gasteiger charge is -2.15. The summed E-state index contributed by atoms with van der Waals surface area (Å²) in [4.78, 5) is 11.6. The van der Waals surface area contributed by atoms with Crippen molar-refractivity contribution in [3.8, 4) is 0 Å². The van der Waals surface area contributed by atoms with Crippen LogP contribution in [0.25, 0.3) is 0 Å². The van der Waals surface area contributed by atoms with Gasteiger partial charge in [-0.05, 0) is 14.1 Å². The minimum atomic E-state index is -0.389. The minimum Gasteiger partial charge on any atom is -0.303 e. The van der Waals surface area contributed by atoms with E-state index in [2.05, 4.69) is 15.7 Å². The van der Waals surface area contributed by atoms with Gasteiger partial charge in [0.25, 0.3) is 5.56 Å². The lowest BCUT2D eigenvalue weighted by molar-refractivity contribution is 0.397. The van der Waals surface area contributed by atoms with E-state index < -0.39 is 0 Å². The molecule has 0 aliphatic carbocycles. The van der Waals surface area contributed by atoms with Crippen molar-refractivity contribution in [1.82, 2.24) is 20.4 Å². The molecular weight excluding hydrogens is 239 g/mol. The van der Waals surface area contributed by atoms with Crippen LogP contribution >= 0.6 is 23.2 Å². The predicted octanol–water partition coefficient (Wildman–Crippen LogP) is 0.315. The first-order valence-electron chi connectivity index (χ1n) is 4.35. The number of nitrogens with zero attached hydrogens (tertiary/aromatic N) is 2. The van der Waals surface area contributed by atoms with Crippen molar-refractivity contribution in [2.24, 2.45) is 0 Å². The van der Waals surface area contributed by atoms with Gasteiger partial charge in [0.1, 0.15) is 5.02 Å². The summed E-state index contributed by atoms with van der Waals surface area (Å²) < 4.78 is 1.26. The van der Waals surface area contributed by atoms with Crippen molar-refractivity contribution >= 4 is 23.2 Å². The summed E-state index contributed by atoms with van der Waals surface area (Å²) in [5.41, 5.74) is -0.389. The van der Waals surface area contributed by atoms with Crippen LogP contribution in [0.2, 0.25) is 10.0 Å². The van der Waals surface area contributed by atoms with Crippen LogP contribution in [0.1, 0.15) is 0 Å². The Balaban J connectivity index is 2.96. The van der Waals surface area contributed by atoms with E-state index >= 15 is 0 Å². The maximum absolute atomic E-state index is 11.6. The molecule has 0 fully saturated rings. The average Bonchev–Trinajstić information content (AvgIpc) is 2.25. The standard InChI is InChI=1S/C8H12Cl2N4O/c1-11-6(12-2)4-14-8(15)7(10)5(9)3-13-14/h3,6,11-12H,4H2,1-2H3. The van der Waals surface area contributed by atoms with Gasteiger partial charge in [0, 0.05) is 0 Å². The smallest absolute Gasteiger partial charge is 0.287 e. The van der Waals surface area contributed by atoms with Gasteiger partial charge in [-0.25, -0.2) is 4.68 Å². The normalized spacial score (nSPS) is 11.0. The van der Waals surface area contributed by atoms with Crippen LogP contribution in [-0.2, 0) is 6.54 Å². The fraction of sp³-hybridized carbons (Fsp3) is 0.500. The number of likely N-dealkylation sites (N-methyl/N-ethyl adjacent to an activating group) is 2. The first-order chi connectivity index (χ1) is 7.10. The van der Waals surface area contributed by atoms with E-state index in [0.29, 0.717) is 6.54 Å². The van der Waals surface area contributed by atoms with Crippen LogP contribution in [0.15, 0.2) is 11.0 Å². The van der Waals surface area contributed by atoms with Gasteiger partial charge in [-0.2, -0.15) is 5.10 Å². The maximum Gasteiger partial charge on any atom is 0.287 e. The minimum absolute atomic E-state index is 0.00220. The van der Waals surface area contributed by atoms with Crippen molar-refractivity contribution in [2.75, 3.05) is 14.1 Å². The van der Waals surface area contributed by atoms with E-state index in [4.69, 9.17) is 23.2 Å². The molecule has 2 N–H and O–H groups in total. The van der Waals surface area contributed by atoms with E-state index in [9.17, 15) is 4.79 Å². The van der Waals surface area contributed by atoms with E-state index in [0.717, 1.165) is 0 Å². The molecule has 1 aromatic heterocycles. The molecule has 0 spiro atoms. The van der Waals surface area contributed by atoms with Gasteiger partial charge in [0.15, 0.2) is 0 Å². The Kier molecular flexibility index (Phi) is 4.53. The van der Waals surface area contributed by atoms with Gasteiger partial charge in [-0.3, -0.25) is 4.79 Å². The van der Waals surface area contributed by atoms with Crippen molar-refractivity contribution in [3.05, 3.63) is 26.6 Å². The number of halogens is 2. The van der Waals surface area contributed by atoms with Gasteiger partial charge in [0.2, 0.25) is 0 Å². The molecule has 0 bridgehead atoms. The second-order valence-electron chi connectivity index (χ2n) is 2.92. The van der Waals surface area contributed by atoms with Gasteiger partial charge >= 0.3 is 0 Å². The van der Waals surface area contributed by atoms with E-state index in [1.54, 1.807) is 14.1 Å². The Bertz CT molecular complexity index is 389. The Hall–Kier alpha value is -0.620. The molecule has 0 unspecified atom stereocenters. The summed E-state index contributed by atoms with van der Waals surface area (Å²) in [6, 6.07) is 0. The van der Waals surface area contributed by atoms with Crippen molar-refractivity contribution in [1.29, 1.82) is 0 Å². The molecule has 0 atom stereocenters. The molecule has 1 heterocycles. The molecular formula is C8H12Cl2N4O. The Labute approximate surface area is 97.4 Å². The first kappa shape index (κ1) is 12.4. The lowest BCUT2D eigenvalue weighted by Crippen LogP contribution is -2.44. The Morgan fingerprint density at radius 2 is 2.07 bits per heavy atom. The zero-order valence-electron chi connectivity index (χ0n) is 8.42. The number of nitrogens with one attached hydrogen (secondary N) is 2. The molecule has 1 rings (SSSR count). The van der Waals surface area contributed by atoms with Crippen LogP contribution in [0.3, 0.4) is 0 Å². The molecule has 84 valence electrons. The average molecular weight is 251 g/mol. The summed E-state index contributed by atoms with van der Waals surface area (Å²) in [7, 11) is 3.56. The van der Waals surface area contributed by atoms with Crippen LogP contribution in [0.5, 0.6) is 0 Å². The molecule has 15 heavy (non-hydrogen) atoms. The van der Waals surface area contributed by atoms with Gasteiger partial charge in [-0.1, -0.05) is 23.2 Å². The van der Waals surface area contributed by atoms with Gasteiger partial charge < -0.3 is 10.6 Å². The van der Waals surface area contributed by atoms with Crippen molar-refractivity contribution in [3.63, 3.8) is 0 Å². The van der Waals surface area contributed by atoms with Crippen molar-refractivity contribution in [2.45, 2.75) is 12.7 Å². The third kappa shape index (κ3) is 2.92. The second kappa shape index (κ2) is 5.46. The quantitative estimate of drug-likeness (QED) is 0.756. The molecule has 0 aliphatic heterocycles. The Morgan fingerprint density at radius 1 is 1.47 bits per heavy atom. The SMILES string of the molecule is CNC(Cn1ncc(Cl)c(Cl)c1=O)NC. The van der Waals surface area contributed by atoms with Crippen LogP contribution in [0, 0.1) is 0 Å². The van der Waals surface area contributed by atoms with Gasteiger partial charge in [0.05, 0.1) is 23.9 Å². The highest BCUT2D eigenvalue weighted by molar-refractivity contribution is 6.41. The third-order valence-corrected chi connectivity index (χ3v) is 2.74. The van der Waals surface area contributed by atoms with Gasteiger partial charge in [-0.15, -0.1) is 0 Å².